The summed E-state index contributed by atoms with van der Waals surface area (Å²) in [6, 6.07) is 4.45. The lowest BCUT2D eigenvalue weighted by Crippen LogP contribution is -2.22. The van der Waals surface area contributed by atoms with E-state index in [1.165, 1.54) is 33.3 Å². The normalized spacial score (nSPS) is 13.5. The summed E-state index contributed by atoms with van der Waals surface area (Å²) in [7, 11) is 0.701. The van der Waals surface area contributed by atoms with Crippen molar-refractivity contribution in [1.82, 2.24) is 9.29 Å². The molecule has 1 aromatic heterocycles. The number of sulfonamides is 1. The minimum absolute atomic E-state index is 0.135. The second-order valence-electron chi connectivity index (χ2n) is 4.68. The average Bonchev–Trinajstić information content (AvgIpc) is 2.87. The van der Waals surface area contributed by atoms with Gasteiger partial charge in [-0.15, -0.1) is 0 Å². The topological polar surface area (TPSA) is 89.7 Å². The molecular weight excluding hydrogens is 328 g/mol. The van der Waals surface area contributed by atoms with Gasteiger partial charge < -0.3 is 9.15 Å². The fourth-order valence-electron chi connectivity index (χ4n) is 1.67. The average molecular weight is 344 g/mol. The van der Waals surface area contributed by atoms with Crippen LogP contribution in [0.25, 0.3) is 11.1 Å². The van der Waals surface area contributed by atoms with Gasteiger partial charge in [0.15, 0.2) is 5.58 Å². The maximum absolute atomic E-state index is 12.1. The van der Waals surface area contributed by atoms with Crippen molar-refractivity contribution in [1.29, 1.82) is 0 Å². The van der Waals surface area contributed by atoms with Crippen LogP contribution in [0.1, 0.15) is 6.92 Å². The number of fused-ring (bicyclic) bond motifs is 1. The van der Waals surface area contributed by atoms with E-state index in [-0.39, 0.29) is 16.1 Å². The molecular formula is C13H16N2O5S2. The minimum Gasteiger partial charge on any atom is -0.468 e. The van der Waals surface area contributed by atoms with Crippen LogP contribution < -0.4 is 0 Å². The van der Waals surface area contributed by atoms with Crippen molar-refractivity contribution in [2.45, 2.75) is 22.3 Å². The zero-order valence-electron chi connectivity index (χ0n) is 12.6. The van der Waals surface area contributed by atoms with Gasteiger partial charge in [0.05, 0.1) is 12.0 Å². The molecule has 0 N–H and O–H groups in total. The van der Waals surface area contributed by atoms with Gasteiger partial charge in [-0.2, -0.15) is 0 Å². The van der Waals surface area contributed by atoms with Gasteiger partial charge in [0.25, 0.3) is 5.22 Å². The first kappa shape index (κ1) is 16.8. The van der Waals surface area contributed by atoms with Gasteiger partial charge in [0, 0.05) is 14.1 Å². The largest absolute Gasteiger partial charge is 0.468 e. The van der Waals surface area contributed by atoms with Crippen LogP contribution in [-0.2, 0) is 19.6 Å². The summed E-state index contributed by atoms with van der Waals surface area (Å²) in [4.78, 5) is 15.7. The van der Waals surface area contributed by atoms with Crippen LogP contribution in [0, 0.1) is 0 Å². The summed E-state index contributed by atoms with van der Waals surface area (Å²) in [5.74, 6) is -0.386. The van der Waals surface area contributed by atoms with Crippen molar-refractivity contribution in [3.63, 3.8) is 0 Å². The lowest BCUT2D eigenvalue weighted by atomic mass is 10.3. The summed E-state index contributed by atoms with van der Waals surface area (Å²) in [5.41, 5.74) is 0.875. The highest BCUT2D eigenvalue weighted by Crippen LogP contribution is 2.28. The molecule has 2 aromatic rings. The molecule has 9 heteroatoms. The molecule has 2 rings (SSSR count). The molecule has 1 unspecified atom stereocenters. The standard InChI is InChI=1S/C13H16N2O5S2/c1-8(12(16)19-4)21-13-14-10-7-9(5-6-11(10)20-13)22(17,18)15(2)3/h5-8H,1-4H3. The minimum atomic E-state index is -3.53. The molecule has 7 nitrogen and oxygen atoms in total. The lowest BCUT2D eigenvalue weighted by molar-refractivity contribution is -0.139. The summed E-state index contributed by atoms with van der Waals surface area (Å²) in [6.07, 6.45) is 0. The Hall–Kier alpha value is -1.58. The van der Waals surface area contributed by atoms with Crippen molar-refractivity contribution in [3.8, 4) is 0 Å². The van der Waals surface area contributed by atoms with Crippen LogP contribution in [0.15, 0.2) is 32.7 Å². The van der Waals surface area contributed by atoms with Gasteiger partial charge in [0.1, 0.15) is 10.8 Å². The van der Waals surface area contributed by atoms with Gasteiger partial charge in [-0.3, -0.25) is 4.79 Å². The number of aromatic nitrogens is 1. The van der Waals surface area contributed by atoms with Gasteiger partial charge >= 0.3 is 5.97 Å². The molecule has 0 bridgehead atoms. The maximum atomic E-state index is 12.1. The van der Waals surface area contributed by atoms with Crippen LogP contribution in [0.4, 0.5) is 0 Å². The summed E-state index contributed by atoms with van der Waals surface area (Å²) in [5, 5.41) is -0.185. The Labute approximate surface area is 132 Å². The molecule has 0 aliphatic heterocycles. The molecule has 1 heterocycles. The van der Waals surface area contributed by atoms with Crippen LogP contribution >= 0.6 is 11.8 Å². The van der Waals surface area contributed by atoms with E-state index in [9.17, 15) is 13.2 Å². The molecule has 0 fully saturated rings. The highest BCUT2D eigenvalue weighted by molar-refractivity contribution is 8.00. The maximum Gasteiger partial charge on any atom is 0.319 e. The van der Waals surface area contributed by atoms with E-state index in [1.807, 2.05) is 0 Å². The molecule has 1 aromatic carbocycles. The third-order valence-corrected chi connectivity index (χ3v) is 5.66. The zero-order chi connectivity index (χ0) is 16.5. The Morgan fingerprint density at radius 3 is 2.68 bits per heavy atom. The molecule has 0 saturated heterocycles. The summed E-state index contributed by atoms with van der Waals surface area (Å²) < 4.78 is 35.4. The van der Waals surface area contributed by atoms with Gasteiger partial charge in [-0.05, 0) is 25.1 Å². The number of hydrogen-bond acceptors (Lipinski definition) is 7. The van der Waals surface area contributed by atoms with Crippen molar-refractivity contribution < 1.29 is 22.4 Å². The first-order valence-corrected chi connectivity index (χ1v) is 8.65. The van der Waals surface area contributed by atoms with Gasteiger partial charge in [-0.1, -0.05) is 11.8 Å². The number of benzene rings is 1. The van der Waals surface area contributed by atoms with Gasteiger partial charge in [0.2, 0.25) is 10.0 Å². The first-order valence-electron chi connectivity index (χ1n) is 6.33. The number of nitrogens with zero attached hydrogens (tertiary/aromatic N) is 2. The number of oxazole rings is 1. The van der Waals surface area contributed by atoms with Crippen LogP contribution in [0.2, 0.25) is 0 Å². The van der Waals surface area contributed by atoms with Crippen molar-refractivity contribution in [2.24, 2.45) is 0 Å². The quantitative estimate of drug-likeness (QED) is 0.603. The predicted octanol–water partition coefficient (Wildman–Crippen LogP) is 1.73. The van der Waals surface area contributed by atoms with Crippen LogP contribution in [0.5, 0.6) is 0 Å². The van der Waals surface area contributed by atoms with E-state index in [0.29, 0.717) is 11.1 Å². The number of methoxy groups -OCH3 is 1. The third-order valence-electron chi connectivity index (χ3n) is 2.93. The second-order valence-corrected chi connectivity index (χ2v) is 8.12. The molecule has 22 heavy (non-hydrogen) atoms. The molecule has 0 aliphatic rings. The fourth-order valence-corrected chi connectivity index (χ4v) is 3.38. The zero-order valence-corrected chi connectivity index (χ0v) is 14.2. The van der Waals surface area contributed by atoms with Crippen molar-refractivity contribution in [2.75, 3.05) is 21.2 Å². The number of hydrogen-bond donors (Lipinski definition) is 0. The molecule has 0 aliphatic carbocycles. The SMILES string of the molecule is COC(=O)C(C)Sc1nc2cc(S(=O)(=O)N(C)C)ccc2o1. The smallest absolute Gasteiger partial charge is 0.319 e. The number of thioether (sulfide) groups is 1. The number of carbonyl (C=O) groups is 1. The van der Waals surface area contributed by atoms with E-state index in [0.717, 1.165) is 16.1 Å². The molecule has 0 radical (unpaired) electrons. The van der Waals surface area contributed by atoms with Crippen molar-refractivity contribution in [3.05, 3.63) is 18.2 Å². The van der Waals surface area contributed by atoms with E-state index in [2.05, 4.69) is 9.72 Å². The third kappa shape index (κ3) is 3.26. The summed E-state index contributed by atoms with van der Waals surface area (Å²) >= 11 is 1.11. The molecule has 0 amide bonds. The second kappa shape index (κ2) is 6.27. The Morgan fingerprint density at radius 1 is 1.41 bits per heavy atom. The predicted molar refractivity (Wildman–Crippen MR) is 82.2 cm³/mol. The number of ether oxygens (including phenoxy) is 1. The number of esters is 1. The monoisotopic (exact) mass is 344 g/mol. The lowest BCUT2D eigenvalue weighted by Gasteiger charge is -2.10. The molecule has 0 saturated carbocycles. The fraction of sp³-hybridized carbons (Fsp3) is 0.385. The van der Waals surface area contributed by atoms with E-state index >= 15 is 0 Å². The van der Waals surface area contributed by atoms with Gasteiger partial charge in [-0.25, -0.2) is 17.7 Å². The van der Waals surface area contributed by atoms with E-state index in [1.54, 1.807) is 13.0 Å². The Bertz CT molecular complexity index is 798. The molecule has 120 valence electrons. The number of carbonyl (C=O) groups excluding carboxylic acids is 1. The highest BCUT2D eigenvalue weighted by Gasteiger charge is 2.21. The van der Waals surface area contributed by atoms with Crippen molar-refractivity contribution >= 4 is 38.9 Å². The Morgan fingerprint density at radius 2 is 2.09 bits per heavy atom. The van der Waals surface area contributed by atoms with E-state index in [4.69, 9.17) is 4.42 Å². The number of rotatable bonds is 5. The molecule has 0 spiro atoms. The molecule has 1 atom stereocenters. The Balaban J connectivity index is 2.34. The summed E-state index contributed by atoms with van der Waals surface area (Å²) in [6.45, 7) is 1.67. The van der Waals surface area contributed by atoms with Crippen LogP contribution in [-0.4, -0.2) is 50.1 Å². The first-order chi connectivity index (χ1) is 10.3. The Kier molecular flexibility index (Phi) is 4.78. The van der Waals surface area contributed by atoms with E-state index < -0.39 is 15.3 Å². The van der Waals surface area contributed by atoms with Crippen LogP contribution in [0.3, 0.4) is 0 Å². The highest BCUT2D eigenvalue weighted by atomic mass is 32.2.